The average molecular weight is 287 g/mol. The number of nitrogens with one attached hydrogen (secondary N) is 1. The van der Waals surface area contributed by atoms with Crippen molar-refractivity contribution >= 4 is 5.97 Å². The molecule has 5 heteroatoms. The molecule has 118 valence electrons. The molecular weight excluding hydrogens is 258 g/mol. The highest BCUT2D eigenvalue weighted by molar-refractivity contribution is 5.80. The van der Waals surface area contributed by atoms with Crippen molar-refractivity contribution in [3.05, 3.63) is 0 Å². The molecule has 1 rings (SSSR count). The number of ether oxygens (including phenoxy) is 2. The second kappa shape index (κ2) is 7.38. The fraction of sp³-hybridized carbons (Fsp3) is 0.933. The van der Waals surface area contributed by atoms with Gasteiger partial charge in [-0.2, -0.15) is 0 Å². The number of aliphatic carboxylic acids is 1. The zero-order chi connectivity index (χ0) is 15.2. The van der Waals surface area contributed by atoms with Gasteiger partial charge >= 0.3 is 5.97 Å². The molecule has 1 unspecified atom stereocenters. The van der Waals surface area contributed by atoms with Gasteiger partial charge in [0.2, 0.25) is 0 Å². The molecule has 2 N–H and O–H groups in total. The topological polar surface area (TPSA) is 67.8 Å². The third-order valence-electron chi connectivity index (χ3n) is 3.44. The van der Waals surface area contributed by atoms with Crippen LogP contribution in [0.25, 0.3) is 0 Å². The number of carbonyl (C=O) groups is 1. The zero-order valence-corrected chi connectivity index (χ0v) is 13.2. The molecule has 1 saturated carbocycles. The van der Waals surface area contributed by atoms with E-state index in [1.807, 2.05) is 27.7 Å². The second-order valence-electron chi connectivity index (χ2n) is 6.49. The molecule has 0 aromatic carbocycles. The van der Waals surface area contributed by atoms with E-state index in [4.69, 9.17) is 9.47 Å². The molecular formula is C15H29NO4. The molecule has 0 saturated heterocycles. The Labute approximate surface area is 122 Å². The van der Waals surface area contributed by atoms with Crippen molar-refractivity contribution in [2.45, 2.75) is 58.1 Å². The lowest BCUT2D eigenvalue weighted by Crippen LogP contribution is -2.57. The summed E-state index contributed by atoms with van der Waals surface area (Å²) in [5.74, 6) is -0.611. The molecule has 0 bridgehead atoms. The summed E-state index contributed by atoms with van der Waals surface area (Å²) < 4.78 is 11.2. The molecule has 0 aromatic rings. The standard InChI is InChI=1S/C15H29NO4/c1-5-8-16-15(13(17)18,12-6-7-12)11-19-9-10-20-14(2,3)4/h12,16H,5-11H2,1-4H3,(H,17,18). The van der Waals surface area contributed by atoms with Gasteiger partial charge in [0.25, 0.3) is 0 Å². The maximum Gasteiger partial charge on any atom is 0.326 e. The summed E-state index contributed by atoms with van der Waals surface area (Å²) in [6.45, 7) is 9.81. The van der Waals surface area contributed by atoms with Gasteiger partial charge < -0.3 is 14.6 Å². The SMILES string of the molecule is CCCNC(COCCOC(C)(C)C)(C(=O)O)C1CC1. The number of carboxylic acid groups (broad SMARTS) is 1. The molecule has 0 aromatic heterocycles. The van der Waals surface area contributed by atoms with E-state index < -0.39 is 11.5 Å². The minimum Gasteiger partial charge on any atom is -0.480 e. The van der Waals surface area contributed by atoms with Crippen molar-refractivity contribution in [1.82, 2.24) is 5.32 Å². The summed E-state index contributed by atoms with van der Waals surface area (Å²) in [6.07, 6.45) is 2.84. The van der Waals surface area contributed by atoms with Crippen LogP contribution in [0.4, 0.5) is 0 Å². The first kappa shape index (κ1) is 17.4. The van der Waals surface area contributed by atoms with Crippen LogP contribution in [0.3, 0.4) is 0 Å². The number of rotatable bonds is 10. The predicted molar refractivity (Wildman–Crippen MR) is 77.9 cm³/mol. The van der Waals surface area contributed by atoms with E-state index in [1.165, 1.54) is 0 Å². The van der Waals surface area contributed by atoms with Gasteiger partial charge in [-0.15, -0.1) is 0 Å². The first-order valence-electron chi connectivity index (χ1n) is 7.52. The van der Waals surface area contributed by atoms with E-state index in [2.05, 4.69) is 5.32 Å². The largest absolute Gasteiger partial charge is 0.480 e. The smallest absolute Gasteiger partial charge is 0.326 e. The summed E-state index contributed by atoms with van der Waals surface area (Å²) >= 11 is 0. The summed E-state index contributed by atoms with van der Waals surface area (Å²) in [7, 11) is 0. The Morgan fingerprint density at radius 2 is 1.95 bits per heavy atom. The van der Waals surface area contributed by atoms with Crippen molar-refractivity contribution in [3.63, 3.8) is 0 Å². The van der Waals surface area contributed by atoms with Gasteiger partial charge in [-0.1, -0.05) is 6.92 Å². The van der Waals surface area contributed by atoms with Crippen LogP contribution in [0.1, 0.15) is 47.0 Å². The van der Waals surface area contributed by atoms with Crippen LogP contribution < -0.4 is 5.32 Å². The molecule has 0 radical (unpaired) electrons. The van der Waals surface area contributed by atoms with Gasteiger partial charge in [0, 0.05) is 0 Å². The summed E-state index contributed by atoms with van der Waals surface area (Å²) in [6, 6.07) is 0. The molecule has 1 aliphatic rings. The summed E-state index contributed by atoms with van der Waals surface area (Å²) in [5.41, 5.74) is -1.11. The molecule has 0 amide bonds. The van der Waals surface area contributed by atoms with E-state index >= 15 is 0 Å². The zero-order valence-electron chi connectivity index (χ0n) is 13.2. The van der Waals surface area contributed by atoms with Gasteiger partial charge in [0.15, 0.2) is 0 Å². The molecule has 0 spiro atoms. The van der Waals surface area contributed by atoms with E-state index in [1.54, 1.807) is 0 Å². The number of carboxylic acids is 1. The molecule has 0 heterocycles. The third kappa shape index (κ3) is 5.38. The molecule has 0 aliphatic heterocycles. The number of hydrogen-bond donors (Lipinski definition) is 2. The van der Waals surface area contributed by atoms with E-state index in [0.717, 1.165) is 19.3 Å². The lowest BCUT2D eigenvalue weighted by Gasteiger charge is -2.31. The fourth-order valence-corrected chi connectivity index (χ4v) is 2.19. The minimum absolute atomic E-state index is 0.190. The summed E-state index contributed by atoms with van der Waals surface area (Å²) in [5, 5.41) is 12.8. The Hall–Kier alpha value is -0.650. The van der Waals surface area contributed by atoms with Crippen molar-refractivity contribution < 1.29 is 19.4 Å². The third-order valence-corrected chi connectivity index (χ3v) is 3.44. The molecule has 1 atom stereocenters. The Bertz CT molecular complexity index is 309. The highest BCUT2D eigenvalue weighted by Gasteiger charge is 2.51. The molecule has 5 nitrogen and oxygen atoms in total. The van der Waals surface area contributed by atoms with E-state index in [-0.39, 0.29) is 18.1 Å². The van der Waals surface area contributed by atoms with E-state index in [0.29, 0.717) is 19.8 Å². The van der Waals surface area contributed by atoms with Gasteiger partial charge in [0.05, 0.1) is 25.4 Å². The van der Waals surface area contributed by atoms with Crippen molar-refractivity contribution in [1.29, 1.82) is 0 Å². The van der Waals surface area contributed by atoms with Crippen LogP contribution >= 0.6 is 0 Å². The van der Waals surface area contributed by atoms with Gasteiger partial charge in [-0.05, 0) is 52.5 Å². The lowest BCUT2D eigenvalue weighted by atomic mass is 9.94. The highest BCUT2D eigenvalue weighted by atomic mass is 16.5. The molecule has 1 fully saturated rings. The van der Waals surface area contributed by atoms with E-state index in [9.17, 15) is 9.90 Å². The minimum atomic E-state index is -0.919. The Morgan fingerprint density at radius 1 is 1.30 bits per heavy atom. The van der Waals surface area contributed by atoms with Gasteiger partial charge in [0.1, 0.15) is 5.54 Å². The maximum absolute atomic E-state index is 11.7. The molecule has 20 heavy (non-hydrogen) atoms. The van der Waals surface area contributed by atoms with Crippen LogP contribution in [0, 0.1) is 5.92 Å². The normalized spacial score (nSPS) is 18.8. The number of hydrogen-bond acceptors (Lipinski definition) is 4. The van der Waals surface area contributed by atoms with Gasteiger partial charge in [-0.25, -0.2) is 0 Å². The first-order chi connectivity index (χ1) is 9.32. The first-order valence-corrected chi connectivity index (χ1v) is 7.52. The fourth-order valence-electron chi connectivity index (χ4n) is 2.19. The summed E-state index contributed by atoms with van der Waals surface area (Å²) in [4.78, 5) is 11.7. The lowest BCUT2D eigenvalue weighted by molar-refractivity contribution is -0.150. The maximum atomic E-state index is 11.7. The Kier molecular flexibility index (Phi) is 6.43. The van der Waals surface area contributed by atoms with Gasteiger partial charge in [-0.3, -0.25) is 10.1 Å². The van der Waals surface area contributed by atoms with Crippen LogP contribution in [0.2, 0.25) is 0 Å². The van der Waals surface area contributed by atoms with Crippen LogP contribution in [-0.4, -0.2) is 48.6 Å². The quantitative estimate of drug-likeness (QED) is 0.602. The average Bonchev–Trinajstić information content (AvgIpc) is 3.15. The second-order valence-corrected chi connectivity index (χ2v) is 6.49. The van der Waals surface area contributed by atoms with Crippen LogP contribution in [0.15, 0.2) is 0 Å². The monoisotopic (exact) mass is 287 g/mol. The van der Waals surface area contributed by atoms with Crippen molar-refractivity contribution in [2.75, 3.05) is 26.4 Å². The Balaban J connectivity index is 2.42. The molecule has 1 aliphatic carbocycles. The Morgan fingerprint density at radius 3 is 2.40 bits per heavy atom. The van der Waals surface area contributed by atoms with Crippen LogP contribution in [0.5, 0.6) is 0 Å². The van der Waals surface area contributed by atoms with Crippen LogP contribution in [-0.2, 0) is 14.3 Å². The van der Waals surface area contributed by atoms with Crippen molar-refractivity contribution in [2.24, 2.45) is 5.92 Å². The van der Waals surface area contributed by atoms with Crippen molar-refractivity contribution in [3.8, 4) is 0 Å². The predicted octanol–water partition coefficient (Wildman–Crippen LogP) is 2.05. The highest BCUT2D eigenvalue weighted by Crippen LogP contribution is 2.40.